The second-order valence-electron chi connectivity index (χ2n) is 10.1. The molecule has 0 N–H and O–H groups in total. The number of ether oxygens (including phenoxy) is 1. The van der Waals surface area contributed by atoms with E-state index >= 15 is 0 Å². The summed E-state index contributed by atoms with van der Waals surface area (Å²) in [7, 11) is 0. The first-order valence-electron chi connectivity index (χ1n) is 11.3. The average molecular weight is 389 g/mol. The minimum atomic E-state index is 0.0997. The third-order valence-electron chi connectivity index (χ3n) is 8.89. The molecule has 1 aromatic carbocycles. The molecular formula is C27H32O2. The second kappa shape index (κ2) is 7.00. The minimum Gasteiger partial charge on any atom is -0.465 e. The molecule has 0 bridgehead atoms. The van der Waals surface area contributed by atoms with Gasteiger partial charge in [0, 0.05) is 5.41 Å². The number of hydrogen-bond donors (Lipinski definition) is 0. The number of rotatable bonds is 3. The van der Waals surface area contributed by atoms with Gasteiger partial charge in [0.2, 0.25) is 0 Å². The van der Waals surface area contributed by atoms with E-state index in [4.69, 9.17) is 4.74 Å². The molecule has 0 amide bonds. The molecule has 29 heavy (non-hydrogen) atoms. The quantitative estimate of drug-likeness (QED) is 0.552. The maximum atomic E-state index is 11.9. The zero-order valence-corrected chi connectivity index (χ0v) is 17.6. The third-order valence-corrected chi connectivity index (χ3v) is 8.89. The fraction of sp³-hybridized carbons (Fsp3) is 0.519. The summed E-state index contributed by atoms with van der Waals surface area (Å²) >= 11 is 0. The molecule has 6 atom stereocenters. The Kier molecular flexibility index (Phi) is 4.57. The molecule has 1 aromatic rings. The van der Waals surface area contributed by atoms with Gasteiger partial charge in [-0.1, -0.05) is 43.7 Å². The maximum Gasteiger partial charge on any atom is 0.178 e. The Balaban J connectivity index is 1.34. The van der Waals surface area contributed by atoms with Crippen molar-refractivity contribution in [3.8, 4) is 5.75 Å². The van der Waals surface area contributed by atoms with Crippen LogP contribution >= 0.6 is 0 Å². The van der Waals surface area contributed by atoms with Crippen molar-refractivity contribution >= 4 is 5.78 Å². The van der Waals surface area contributed by atoms with Gasteiger partial charge in [-0.05, 0) is 98.0 Å². The molecule has 0 unspecified atom stereocenters. The predicted octanol–water partition coefficient (Wildman–Crippen LogP) is 6.50. The van der Waals surface area contributed by atoms with Gasteiger partial charge in [0.15, 0.2) is 5.78 Å². The van der Waals surface area contributed by atoms with E-state index in [1.807, 2.05) is 48.7 Å². The summed E-state index contributed by atoms with van der Waals surface area (Å²) in [5, 5.41) is 0. The van der Waals surface area contributed by atoms with E-state index in [2.05, 4.69) is 26.0 Å². The van der Waals surface area contributed by atoms with Crippen LogP contribution in [0.2, 0.25) is 0 Å². The number of allylic oxidation sites excluding steroid dienone is 5. The van der Waals surface area contributed by atoms with Crippen LogP contribution in [0.1, 0.15) is 52.4 Å². The monoisotopic (exact) mass is 388 g/mol. The minimum absolute atomic E-state index is 0.0997. The zero-order chi connectivity index (χ0) is 20.1. The number of benzene rings is 1. The van der Waals surface area contributed by atoms with Crippen molar-refractivity contribution in [3.63, 3.8) is 0 Å². The van der Waals surface area contributed by atoms with Gasteiger partial charge >= 0.3 is 0 Å². The van der Waals surface area contributed by atoms with Crippen LogP contribution < -0.4 is 4.74 Å². The molecule has 2 nitrogen and oxygen atoms in total. The molecule has 4 aliphatic rings. The van der Waals surface area contributed by atoms with E-state index in [0.717, 1.165) is 24.0 Å². The highest BCUT2D eigenvalue weighted by molar-refractivity contribution is 6.01. The fourth-order valence-corrected chi connectivity index (χ4v) is 7.27. The van der Waals surface area contributed by atoms with Crippen molar-refractivity contribution in [1.29, 1.82) is 0 Å². The Hall–Kier alpha value is -2.09. The first-order chi connectivity index (χ1) is 14.0. The lowest BCUT2D eigenvalue weighted by molar-refractivity contribution is -0.111. The lowest BCUT2D eigenvalue weighted by atomic mass is 9.48. The highest BCUT2D eigenvalue weighted by Gasteiger charge is 2.57. The van der Waals surface area contributed by atoms with E-state index in [1.165, 1.54) is 37.7 Å². The van der Waals surface area contributed by atoms with Crippen LogP contribution in [-0.4, -0.2) is 5.78 Å². The van der Waals surface area contributed by atoms with Crippen LogP contribution in [0.3, 0.4) is 0 Å². The average Bonchev–Trinajstić information content (AvgIpc) is 3.06. The van der Waals surface area contributed by atoms with Crippen molar-refractivity contribution in [2.45, 2.75) is 52.4 Å². The van der Waals surface area contributed by atoms with Gasteiger partial charge in [-0.2, -0.15) is 0 Å². The first-order valence-corrected chi connectivity index (χ1v) is 11.3. The number of ketones is 1. The van der Waals surface area contributed by atoms with Gasteiger partial charge in [-0.25, -0.2) is 0 Å². The molecule has 152 valence electrons. The summed E-state index contributed by atoms with van der Waals surface area (Å²) in [6.07, 6.45) is 17.8. The summed E-state index contributed by atoms with van der Waals surface area (Å²) in [6, 6.07) is 10.0. The van der Waals surface area contributed by atoms with Crippen LogP contribution in [-0.2, 0) is 4.79 Å². The van der Waals surface area contributed by atoms with E-state index < -0.39 is 0 Å². The number of carbonyl (C=O) groups is 1. The van der Waals surface area contributed by atoms with Crippen LogP contribution in [0, 0.1) is 34.5 Å². The highest BCUT2D eigenvalue weighted by Crippen LogP contribution is 2.66. The van der Waals surface area contributed by atoms with Gasteiger partial charge in [-0.3, -0.25) is 4.79 Å². The summed E-state index contributed by atoms with van der Waals surface area (Å²) in [5.74, 6) is 3.95. The van der Waals surface area contributed by atoms with Gasteiger partial charge < -0.3 is 4.74 Å². The molecule has 4 aliphatic carbocycles. The lowest BCUT2D eigenvalue weighted by Crippen LogP contribution is -2.49. The Bertz CT molecular complexity index is 879. The second-order valence-corrected chi connectivity index (χ2v) is 10.1. The van der Waals surface area contributed by atoms with Gasteiger partial charge in [0.05, 0.1) is 6.26 Å². The van der Waals surface area contributed by atoms with E-state index in [0.29, 0.717) is 17.3 Å². The van der Waals surface area contributed by atoms with Crippen molar-refractivity contribution in [1.82, 2.24) is 0 Å². The summed E-state index contributed by atoms with van der Waals surface area (Å²) in [5.41, 5.74) is 1.87. The van der Waals surface area contributed by atoms with E-state index in [-0.39, 0.29) is 11.2 Å². The Morgan fingerprint density at radius 2 is 1.86 bits per heavy atom. The van der Waals surface area contributed by atoms with Crippen molar-refractivity contribution < 1.29 is 9.53 Å². The largest absolute Gasteiger partial charge is 0.465 e. The van der Waals surface area contributed by atoms with Gasteiger partial charge in [0.1, 0.15) is 5.75 Å². The number of fused-ring (bicyclic) bond motifs is 5. The topological polar surface area (TPSA) is 26.3 Å². The van der Waals surface area contributed by atoms with Gasteiger partial charge in [0.25, 0.3) is 0 Å². The van der Waals surface area contributed by atoms with Crippen molar-refractivity contribution in [2.75, 3.05) is 0 Å². The molecule has 0 radical (unpaired) electrons. The summed E-state index contributed by atoms with van der Waals surface area (Å²) < 4.78 is 5.87. The number of para-hydroxylation sites is 1. The lowest BCUT2D eigenvalue weighted by Gasteiger charge is -2.57. The molecule has 3 fully saturated rings. The Morgan fingerprint density at radius 3 is 2.69 bits per heavy atom. The highest BCUT2D eigenvalue weighted by atomic mass is 16.5. The van der Waals surface area contributed by atoms with Crippen LogP contribution in [0.25, 0.3) is 0 Å². The third kappa shape index (κ3) is 3.03. The van der Waals surface area contributed by atoms with E-state index in [1.54, 1.807) is 0 Å². The zero-order valence-electron chi connectivity index (χ0n) is 17.6. The van der Waals surface area contributed by atoms with Crippen LogP contribution in [0.15, 0.2) is 66.5 Å². The molecule has 2 heteroatoms. The van der Waals surface area contributed by atoms with Crippen molar-refractivity contribution in [3.05, 3.63) is 66.5 Å². The molecule has 3 saturated carbocycles. The Morgan fingerprint density at radius 1 is 1.03 bits per heavy atom. The van der Waals surface area contributed by atoms with Crippen molar-refractivity contribution in [2.24, 2.45) is 34.5 Å². The molecule has 0 heterocycles. The molecule has 5 rings (SSSR count). The molecule has 0 aliphatic heterocycles. The standard InChI is InChI=1S/C27H32O2/c1-26-16-13-25-23(10-8-20-18-21(28)12-15-27(20,25)2)24(26)11-9-19(26)14-17-29-22-6-4-3-5-7-22/h3-7,12,14-15,17-19,23-25H,8-11,13,16H2,1-2H3/t19-,23+,24+,25+,26-,27+/m1/s1. The predicted molar refractivity (Wildman–Crippen MR) is 116 cm³/mol. The number of carbonyl (C=O) groups excluding carboxylic acids is 1. The Labute approximate surface area is 174 Å². The first kappa shape index (κ1) is 18.9. The van der Waals surface area contributed by atoms with E-state index in [9.17, 15) is 4.79 Å². The number of hydrogen-bond acceptors (Lipinski definition) is 2. The SMILES string of the molecule is C[C@]12CC[C@H]3[C@@H](CCC4=CC(=O)C=C[C@@]43C)[C@@H]1CC[C@@H]2C=COc1ccccc1. The summed E-state index contributed by atoms with van der Waals surface area (Å²) in [4.78, 5) is 11.9. The molecule has 0 spiro atoms. The molecular weight excluding hydrogens is 356 g/mol. The smallest absolute Gasteiger partial charge is 0.178 e. The fourth-order valence-electron chi connectivity index (χ4n) is 7.27. The normalized spacial score (nSPS) is 40.9. The summed E-state index contributed by atoms with van der Waals surface area (Å²) in [6.45, 7) is 4.92. The van der Waals surface area contributed by atoms with Crippen LogP contribution in [0.5, 0.6) is 5.75 Å². The molecule has 0 saturated heterocycles. The van der Waals surface area contributed by atoms with Gasteiger partial charge in [-0.15, -0.1) is 0 Å². The maximum absolute atomic E-state index is 11.9. The molecule has 0 aromatic heterocycles. The van der Waals surface area contributed by atoms with Crippen LogP contribution in [0.4, 0.5) is 0 Å².